The first-order valence-corrected chi connectivity index (χ1v) is 11.7. The standard InChI is InChI=1S/C23H25ClN4O2S/c1-16(17-8-4-3-5-9-17)27(2)22(29)15-31-23-26-25-21(28(23)18-12-13-18)14-30-20-11-7-6-10-19(20)24/h3-11,16,18H,12-15H2,1-2H3. The van der Waals surface area contributed by atoms with E-state index in [2.05, 4.69) is 14.8 Å². The maximum absolute atomic E-state index is 12.8. The van der Waals surface area contributed by atoms with E-state index in [-0.39, 0.29) is 18.6 Å². The van der Waals surface area contributed by atoms with Crippen LogP contribution in [0.3, 0.4) is 0 Å². The first-order valence-electron chi connectivity index (χ1n) is 10.3. The molecule has 4 rings (SSSR count). The van der Waals surface area contributed by atoms with Gasteiger partial charge in [0.05, 0.1) is 16.8 Å². The van der Waals surface area contributed by atoms with Crippen molar-refractivity contribution in [1.82, 2.24) is 19.7 Å². The van der Waals surface area contributed by atoms with E-state index in [1.165, 1.54) is 11.8 Å². The van der Waals surface area contributed by atoms with Crippen LogP contribution >= 0.6 is 23.4 Å². The largest absolute Gasteiger partial charge is 0.484 e. The molecule has 0 radical (unpaired) electrons. The molecule has 6 nitrogen and oxygen atoms in total. The van der Waals surface area contributed by atoms with Crippen LogP contribution in [0.2, 0.25) is 5.02 Å². The van der Waals surface area contributed by atoms with E-state index < -0.39 is 0 Å². The second-order valence-electron chi connectivity index (χ2n) is 7.60. The molecule has 1 aliphatic rings. The van der Waals surface area contributed by atoms with E-state index in [4.69, 9.17) is 16.3 Å². The third-order valence-corrected chi connectivity index (χ3v) is 6.66. The molecule has 1 heterocycles. The van der Waals surface area contributed by atoms with Crippen LogP contribution in [0.1, 0.15) is 43.2 Å². The Labute approximate surface area is 191 Å². The predicted octanol–water partition coefficient (Wildman–Crippen LogP) is 5.16. The number of ether oxygens (including phenoxy) is 1. The third kappa shape index (κ3) is 5.22. The summed E-state index contributed by atoms with van der Waals surface area (Å²) in [4.78, 5) is 14.6. The van der Waals surface area contributed by atoms with Crippen molar-refractivity contribution in [3.63, 3.8) is 0 Å². The Bertz CT molecular complexity index is 1040. The number of amides is 1. The highest BCUT2D eigenvalue weighted by Gasteiger charge is 2.30. The summed E-state index contributed by atoms with van der Waals surface area (Å²) in [6.07, 6.45) is 2.17. The van der Waals surface area contributed by atoms with Crippen LogP contribution in [-0.4, -0.2) is 38.4 Å². The number of carbonyl (C=O) groups is 1. The molecule has 0 spiro atoms. The van der Waals surface area contributed by atoms with Crippen molar-refractivity contribution in [2.45, 2.75) is 43.6 Å². The maximum Gasteiger partial charge on any atom is 0.233 e. The van der Waals surface area contributed by atoms with E-state index in [0.29, 0.717) is 22.6 Å². The van der Waals surface area contributed by atoms with Crippen LogP contribution in [0.5, 0.6) is 5.75 Å². The first-order chi connectivity index (χ1) is 15.0. The monoisotopic (exact) mass is 456 g/mol. The van der Waals surface area contributed by atoms with Gasteiger partial charge >= 0.3 is 0 Å². The van der Waals surface area contributed by atoms with E-state index in [9.17, 15) is 4.79 Å². The molecule has 31 heavy (non-hydrogen) atoms. The summed E-state index contributed by atoms with van der Waals surface area (Å²) in [5.41, 5.74) is 1.11. The minimum absolute atomic E-state index is 0.00943. The van der Waals surface area contributed by atoms with Crippen LogP contribution in [0.15, 0.2) is 59.8 Å². The van der Waals surface area contributed by atoms with Gasteiger partial charge in [-0.1, -0.05) is 65.8 Å². The lowest BCUT2D eigenvalue weighted by atomic mass is 10.1. The van der Waals surface area contributed by atoms with Gasteiger partial charge in [0.25, 0.3) is 0 Å². The molecule has 1 unspecified atom stereocenters. The summed E-state index contributed by atoms with van der Waals surface area (Å²) in [6.45, 7) is 2.32. The zero-order valence-corrected chi connectivity index (χ0v) is 19.1. The molecule has 0 bridgehead atoms. The summed E-state index contributed by atoms with van der Waals surface area (Å²) in [5, 5.41) is 9.99. The first kappa shape index (κ1) is 21.7. The van der Waals surface area contributed by atoms with Crippen molar-refractivity contribution in [2.75, 3.05) is 12.8 Å². The molecule has 8 heteroatoms. The van der Waals surface area contributed by atoms with Gasteiger partial charge in [0.2, 0.25) is 5.91 Å². The molecule has 1 saturated carbocycles. The molecule has 2 aromatic carbocycles. The molecule has 3 aromatic rings. The van der Waals surface area contributed by atoms with Crippen LogP contribution in [0.4, 0.5) is 0 Å². The molecule has 1 amide bonds. The fraction of sp³-hybridized carbons (Fsp3) is 0.348. The normalized spacial score (nSPS) is 14.3. The van der Waals surface area contributed by atoms with Crippen molar-refractivity contribution >= 4 is 29.3 Å². The van der Waals surface area contributed by atoms with Gasteiger partial charge in [0.15, 0.2) is 11.0 Å². The van der Waals surface area contributed by atoms with Gasteiger partial charge in [-0.2, -0.15) is 0 Å². The number of thioether (sulfide) groups is 1. The van der Waals surface area contributed by atoms with Gasteiger partial charge in [-0.25, -0.2) is 0 Å². The molecule has 0 saturated heterocycles. The molecule has 1 aliphatic carbocycles. The van der Waals surface area contributed by atoms with Gasteiger partial charge in [0, 0.05) is 13.1 Å². The summed E-state index contributed by atoms with van der Waals surface area (Å²) >= 11 is 7.61. The highest BCUT2D eigenvalue weighted by atomic mass is 35.5. The molecule has 0 aliphatic heterocycles. The zero-order valence-electron chi connectivity index (χ0n) is 17.6. The van der Waals surface area contributed by atoms with Gasteiger partial charge in [-0.15, -0.1) is 10.2 Å². The smallest absolute Gasteiger partial charge is 0.233 e. The van der Waals surface area contributed by atoms with E-state index in [0.717, 1.165) is 29.4 Å². The lowest BCUT2D eigenvalue weighted by Crippen LogP contribution is -2.31. The van der Waals surface area contributed by atoms with Crippen molar-refractivity contribution in [3.8, 4) is 5.75 Å². The molecule has 1 aromatic heterocycles. The Morgan fingerprint density at radius 1 is 1.19 bits per heavy atom. The predicted molar refractivity (Wildman–Crippen MR) is 122 cm³/mol. The Balaban J connectivity index is 1.39. The number of hydrogen-bond acceptors (Lipinski definition) is 5. The number of hydrogen-bond donors (Lipinski definition) is 0. The van der Waals surface area contributed by atoms with Gasteiger partial charge in [-0.3, -0.25) is 9.36 Å². The van der Waals surface area contributed by atoms with Crippen molar-refractivity contribution in [2.24, 2.45) is 0 Å². The lowest BCUT2D eigenvalue weighted by molar-refractivity contribution is -0.128. The van der Waals surface area contributed by atoms with Gasteiger partial charge < -0.3 is 9.64 Å². The summed E-state index contributed by atoms with van der Waals surface area (Å²) in [7, 11) is 1.84. The second-order valence-corrected chi connectivity index (χ2v) is 8.95. The van der Waals surface area contributed by atoms with Crippen LogP contribution in [0.25, 0.3) is 0 Å². The number of rotatable bonds is 9. The third-order valence-electron chi connectivity index (χ3n) is 5.42. The summed E-state index contributed by atoms with van der Waals surface area (Å²) in [6, 6.07) is 17.8. The van der Waals surface area contributed by atoms with E-state index in [1.54, 1.807) is 11.0 Å². The Morgan fingerprint density at radius 2 is 1.90 bits per heavy atom. The number of para-hydroxylation sites is 1. The highest BCUT2D eigenvalue weighted by molar-refractivity contribution is 7.99. The van der Waals surface area contributed by atoms with Crippen LogP contribution in [-0.2, 0) is 11.4 Å². The fourth-order valence-electron chi connectivity index (χ4n) is 3.31. The molecular weight excluding hydrogens is 432 g/mol. The van der Waals surface area contributed by atoms with Gasteiger partial charge in [0.1, 0.15) is 12.4 Å². The summed E-state index contributed by atoms with van der Waals surface area (Å²) in [5.74, 6) is 1.74. The molecule has 0 N–H and O–H groups in total. The number of halogens is 1. The summed E-state index contributed by atoms with van der Waals surface area (Å²) < 4.78 is 7.97. The topological polar surface area (TPSA) is 60.3 Å². The highest BCUT2D eigenvalue weighted by Crippen LogP contribution is 2.39. The van der Waals surface area contributed by atoms with Crippen molar-refractivity contribution in [3.05, 3.63) is 71.0 Å². The Morgan fingerprint density at radius 3 is 2.61 bits per heavy atom. The van der Waals surface area contributed by atoms with Crippen molar-refractivity contribution < 1.29 is 9.53 Å². The van der Waals surface area contributed by atoms with Gasteiger partial charge in [-0.05, 0) is 37.5 Å². The zero-order chi connectivity index (χ0) is 21.8. The molecule has 162 valence electrons. The van der Waals surface area contributed by atoms with E-state index in [1.807, 2.05) is 62.5 Å². The molecule has 1 fully saturated rings. The number of benzene rings is 2. The second kappa shape index (κ2) is 9.75. The fourth-order valence-corrected chi connectivity index (χ4v) is 4.45. The Hall–Kier alpha value is -2.51. The van der Waals surface area contributed by atoms with E-state index >= 15 is 0 Å². The average molecular weight is 457 g/mol. The number of nitrogens with zero attached hydrogens (tertiary/aromatic N) is 4. The molecule has 1 atom stereocenters. The molecular formula is C23H25ClN4O2S. The van der Waals surface area contributed by atoms with Crippen LogP contribution in [0, 0.1) is 0 Å². The average Bonchev–Trinajstić information content (AvgIpc) is 3.56. The minimum atomic E-state index is 0.00943. The number of aromatic nitrogens is 3. The minimum Gasteiger partial charge on any atom is -0.484 e. The number of carbonyl (C=O) groups excluding carboxylic acids is 1. The van der Waals surface area contributed by atoms with Crippen LogP contribution < -0.4 is 4.74 Å². The maximum atomic E-state index is 12.8. The quantitative estimate of drug-likeness (QED) is 0.416. The lowest BCUT2D eigenvalue weighted by Gasteiger charge is -2.25. The van der Waals surface area contributed by atoms with Crippen molar-refractivity contribution in [1.29, 1.82) is 0 Å². The SMILES string of the molecule is CC(c1ccccc1)N(C)C(=O)CSc1nnc(COc2ccccc2Cl)n1C1CC1. The Kier molecular flexibility index (Phi) is 6.83.